The highest BCUT2D eigenvalue weighted by molar-refractivity contribution is 5.70. The van der Waals surface area contributed by atoms with Crippen molar-refractivity contribution in [1.82, 2.24) is 0 Å². The van der Waals surface area contributed by atoms with Crippen molar-refractivity contribution in [1.29, 1.82) is 5.26 Å². The summed E-state index contributed by atoms with van der Waals surface area (Å²) >= 11 is 0. The van der Waals surface area contributed by atoms with Crippen molar-refractivity contribution >= 4 is 5.97 Å². The minimum absolute atomic E-state index is 0.126. The summed E-state index contributed by atoms with van der Waals surface area (Å²) in [5.74, 6) is -0.460. The zero-order chi connectivity index (χ0) is 15.9. The van der Waals surface area contributed by atoms with Gasteiger partial charge in [0.05, 0.1) is 44.0 Å². The van der Waals surface area contributed by atoms with E-state index in [1.54, 1.807) is 25.1 Å². The van der Waals surface area contributed by atoms with Crippen molar-refractivity contribution < 1.29 is 24.1 Å². The second-order valence-electron chi connectivity index (χ2n) is 4.93. The Morgan fingerprint density at radius 1 is 1.50 bits per heavy atom. The Hall–Kier alpha value is -1.94. The average molecular weight is 305 g/mol. The standard InChI is InChI=1S/C16H19NO5/c1-2-20-15(19)9-14(18)13-4-3-11(10-17)7-12(13)8-16-21-5-6-22-16/h3-4,7,14,16,18H,2,5-6,8-9H2,1H3. The molecule has 0 radical (unpaired) electrons. The van der Waals surface area contributed by atoms with Gasteiger partial charge in [-0.05, 0) is 30.2 Å². The number of carbonyl (C=O) groups is 1. The Bertz CT molecular complexity index is 560. The molecular formula is C16H19NO5. The lowest BCUT2D eigenvalue weighted by molar-refractivity contribution is -0.145. The quantitative estimate of drug-likeness (QED) is 0.800. The molecule has 1 heterocycles. The maximum Gasteiger partial charge on any atom is 0.308 e. The van der Waals surface area contributed by atoms with E-state index in [0.717, 1.165) is 5.56 Å². The van der Waals surface area contributed by atoms with Gasteiger partial charge in [-0.3, -0.25) is 4.79 Å². The minimum atomic E-state index is -0.983. The molecule has 1 fully saturated rings. The van der Waals surface area contributed by atoms with Crippen LogP contribution in [0, 0.1) is 11.3 Å². The van der Waals surface area contributed by atoms with Crippen molar-refractivity contribution in [2.75, 3.05) is 19.8 Å². The van der Waals surface area contributed by atoms with Crippen LogP contribution in [-0.4, -0.2) is 37.2 Å². The lowest BCUT2D eigenvalue weighted by Gasteiger charge is -2.17. The molecule has 0 amide bonds. The van der Waals surface area contributed by atoms with Gasteiger partial charge < -0.3 is 19.3 Å². The van der Waals surface area contributed by atoms with Crippen LogP contribution in [-0.2, 0) is 25.4 Å². The van der Waals surface area contributed by atoms with Crippen LogP contribution >= 0.6 is 0 Å². The molecule has 0 spiro atoms. The zero-order valence-corrected chi connectivity index (χ0v) is 12.4. The molecule has 6 nitrogen and oxygen atoms in total. The van der Waals surface area contributed by atoms with Crippen molar-refractivity contribution in [2.45, 2.75) is 32.2 Å². The molecule has 118 valence electrons. The third-order valence-corrected chi connectivity index (χ3v) is 3.37. The van der Waals surface area contributed by atoms with Gasteiger partial charge in [0, 0.05) is 6.42 Å². The summed E-state index contributed by atoms with van der Waals surface area (Å²) in [5.41, 5.74) is 1.81. The van der Waals surface area contributed by atoms with Gasteiger partial charge in [0.15, 0.2) is 6.29 Å². The molecule has 1 aliphatic heterocycles. The number of aliphatic hydroxyl groups excluding tert-OH is 1. The first-order valence-corrected chi connectivity index (χ1v) is 7.23. The van der Waals surface area contributed by atoms with E-state index >= 15 is 0 Å². The normalized spacial score (nSPS) is 16.2. The molecule has 1 aliphatic rings. The highest BCUT2D eigenvalue weighted by Crippen LogP contribution is 2.25. The van der Waals surface area contributed by atoms with Crippen molar-refractivity contribution in [3.63, 3.8) is 0 Å². The Morgan fingerprint density at radius 3 is 2.86 bits per heavy atom. The summed E-state index contributed by atoms with van der Waals surface area (Å²) in [5, 5.41) is 19.3. The Kier molecular flexibility index (Phi) is 5.90. The van der Waals surface area contributed by atoms with Crippen molar-refractivity contribution in [3.8, 4) is 6.07 Å². The first kappa shape index (κ1) is 16.4. The molecule has 1 aromatic rings. The van der Waals surface area contributed by atoms with Crippen LogP contribution in [0.15, 0.2) is 18.2 Å². The molecule has 1 saturated heterocycles. The van der Waals surface area contributed by atoms with E-state index in [4.69, 9.17) is 19.5 Å². The van der Waals surface area contributed by atoms with E-state index in [-0.39, 0.29) is 19.3 Å². The molecule has 0 saturated carbocycles. The highest BCUT2D eigenvalue weighted by atomic mass is 16.7. The predicted molar refractivity (Wildman–Crippen MR) is 76.8 cm³/mol. The number of rotatable bonds is 6. The number of hydrogen-bond donors (Lipinski definition) is 1. The molecule has 1 atom stereocenters. The maximum atomic E-state index is 11.5. The SMILES string of the molecule is CCOC(=O)CC(O)c1ccc(C#N)cc1CC1OCCO1. The van der Waals surface area contributed by atoms with Crippen LogP contribution in [0.4, 0.5) is 0 Å². The van der Waals surface area contributed by atoms with E-state index in [9.17, 15) is 9.90 Å². The second kappa shape index (κ2) is 7.90. The Morgan fingerprint density at radius 2 is 2.23 bits per heavy atom. The number of benzene rings is 1. The minimum Gasteiger partial charge on any atom is -0.466 e. The molecule has 0 aliphatic carbocycles. The summed E-state index contributed by atoms with van der Waals surface area (Å²) in [6.45, 7) is 3.05. The van der Waals surface area contributed by atoms with E-state index in [0.29, 0.717) is 30.8 Å². The molecule has 22 heavy (non-hydrogen) atoms. The summed E-state index contributed by atoms with van der Waals surface area (Å²) in [7, 11) is 0. The molecule has 0 aromatic heterocycles. The van der Waals surface area contributed by atoms with Crippen molar-refractivity contribution in [2.24, 2.45) is 0 Å². The van der Waals surface area contributed by atoms with Crippen LogP contribution in [0.1, 0.15) is 36.1 Å². The monoisotopic (exact) mass is 305 g/mol. The molecule has 1 unspecified atom stereocenters. The third kappa shape index (κ3) is 4.28. The van der Waals surface area contributed by atoms with E-state index in [1.165, 1.54) is 0 Å². The summed E-state index contributed by atoms with van der Waals surface area (Å²) in [4.78, 5) is 11.5. The van der Waals surface area contributed by atoms with Gasteiger partial charge in [-0.1, -0.05) is 6.07 Å². The van der Waals surface area contributed by atoms with Crippen LogP contribution in [0.3, 0.4) is 0 Å². The zero-order valence-electron chi connectivity index (χ0n) is 12.4. The highest BCUT2D eigenvalue weighted by Gasteiger charge is 2.22. The van der Waals surface area contributed by atoms with Gasteiger partial charge in [-0.25, -0.2) is 0 Å². The number of aliphatic hydroxyl groups is 1. The van der Waals surface area contributed by atoms with Gasteiger partial charge in [-0.15, -0.1) is 0 Å². The Labute approximate surface area is 129 Å². The van der Waals surface area contributed by atoms with Gasteiger partial charge in [0.1, 0.15) is 0 Å². The second-order valence-corrected chi connectivity index (χ2v) is 4.93. The fraction of sp³-hybridized carbons (Fsp3) is 0.500. The average Bonchev–Trinajstić information content (AvgIpc) is 3.00. The number of nitrogens with zero attached hydrogens (tertiary/aromatic N) is 1. The van der Waals surface area contributed by atoms with Crippen LogP contribution in [0.2, 0.25) is 0 Å². The maximum absolute atomic E-state index is 11.5. The summed E-state index contributed by atoms with van der Waals surface area (Å²) < 4.78 is 15.7. The number of ether oxygens (including phenoxy) is 3. The molecule has 2 rings (SSSR count). The van der Waals surface area contributed by atoms with Crippen LogP contribution < -0.4 is 0 Å². The molecule has 6 heteroatoms. The van der Waals surface area contributed by atoms with Gasteiger partial charge in [0.25, 0.3) is 0 Å². The molecule has 0 bridgehead atoms. The number of hydrogen-bond acceptors (Lipinski definition) is 6. The summed E-state index contributed by atoms with van der Waals surface area (Å²) in [6.07, 6.45) is -1.07. The third-order valence-electron chi connectivity index (χ3n) is 3.37. The van der Waals surface area contributed by atoms with Gasteiger partial charge in [0.2, 0.25) is 0 Å². The van der Waals surface area contributed by atoms with E-state index in [2.05, 4.69) is 6.07 Å². The van der Waals surface area contributed by atoms with Crippen LogP contribution in [0.25, 0.3) is 0 Å². The Balaban J connectivity index is 2.17. The first-order chi connectivity index (χ1) is 10.6. The first-order valence-electron chi connectivity index (χ1n) is 7.23. The topological polar surface area (TPSA) is 88.8 Å². The van der Waals surface area contributed by atoms with E-state index < -0.39 is 12.1 Å². The number of esters is 1. The molecule has 1 N–H and O–H groups in total. The fourth-order valence-corrected chi connectivity index (χ4v) is 2.37. The van der Waals surface area contributed by atoms with Crippen LogP contribution in [0.5, 0.6) is 0 Å². The molecular weight excluding hydrogens is 286 g/mol. The fourth-order valence-electron chi connectivity index (χ4n) is 2.37. The van der Waals surface area contributed by atoms with Crippen molar-refractivity contribution in [3.05, 3.63) is 34.9 Å². The smallest absolute Gasteiger partial charge is 0.308 e. The number of nitriles is 1. The lowest BCUT2D eigenvalue weighted by atomic mass is 9.96. The predicted octanol–water partition coefficient (Wildman–Crippen LogP) is 1.46. The van der Waals surface area contributed by atoms with Gasteiger partial charge >= 0.3 is 5.97 Å². The largest absolute Gasteiger partial charge is 0.466 e. The van der Waals surface area contributed by atoms with Gasteiger partial charge in [-0.2, -0.15) is 5.26 Å². The lowest BCUT2D eigenvalue weighted by Crippen LogP contribution is -2.16. The molecule has 1 aromatic carbocycles. The number of carbonyl (C=O) groups excluding carboxylic acids is 1. The summed E-state index contributed by atoms with van der Waals surface area (Å²) in [6, 6.07) is 7.03. The van der Waals surface area contributed by atoms with E-state index in [1.807, 2.05) is 0 Å².